The number of carboxylic acid groups (broad SMARTS) is 2. The van der Waals surface area contributed by atoms with Gasteiger partial charge in [-0.1, -0.05) is 24.3 Å². The number of benzene rings is 2. The minimum Gasteiger partial charge on any atom is -0.542 e. The molecule has 6 heterocycles. The molecule has 0 aromatic heterocycles. The van der Waals surface area contributed by atoms with Gasteiger partial charge in [0.1, 0.15) is 48.3 Å². The fourth-order valence-electron chi connectivity index (χ4n) is 7.70. The Morgan fingerprint density at radius 1 is 0.613 bits per heavy atom. The van der Waals surface area contributed by atoms with Gasteiger partial charge in [-0.05, 0) is 74.6 Å². The summed E-state index contributed by atoms with van der Waals surface area (Å²) >= 11 is 0. The second-order valence-corrected chi connectivity index (χ2v) is 15.7. The molecule has 4 bridgehead atoms. The van der Waals surface area contributed by atoms with Crippen molar-refractivity contribution < 1.29 is 74.2 Å². The minimum absolute atomic E-state index is 0.0213. The highest BCUT2D eigenvalue weighted by molar-refractivity contribution is 5.95. The summed E-state index contributed by atoms with van der Waals surface area (Å²) in [6.07, 6.45) is -2.71. The van der Waals surface area contributed by atoms with Crippen molar-refractivity contribution in [2.75, 3.05) is 78.7 Å². The molecule has 0 radical (unpaired) electrons. The summed E-state index contributed by atoms with van der Waals surface area (Å²) in [6, 6.07) is 14.3. The Balaban J connectivity index is 0.000000254. The van der Waals surface area contributed by atoms with E-state index in [0.717, 1.165) is 60.1 Å². The maximum Gasteiger partial charge on any atom is 0.430 e. The molecule has 0 saturated carbocycles. The highest BCUT2D eigenvalue weighted by atomic mass is 19.4. The van der Waals surface area contributed by atoms with Crippen LogP contribution in [0, 0.1) is 22.7 Å². The molecule has 0 atom stereocenters. The first-order valence-electron chi connectivity index (χ1n) is 20.0. The lowest BCUT2D eigenvalue weighted by molar-refractivity contribution is -0.935. The zero-order valence-corrected chi connectivity index (χ0v) is 34.1. The molecule has 344 valence electrons. The SMILES string of the molecule is N=C(N)c1cccc(OCCNC(=O)C[N+]23CCC(CC2)CC3)c1.N=C(N)c1cccc(OCCNC(=O)C[N+]23CCC(CC2)CC3)c1.O=C([O-])C(F)(F)F.O=C([O-])C(F)(F)F. The molecule has 0 unspecified atom stereocenters. The summed E-state index contributed by atoms with van der Waals surface area (Å²) in [4.78, 5) is 42.0. The maximum atomic E-state index is 12.2. The van der Waals surface area contributed by atoms with Gasteiger partial charge in [0.2, 0.25) is 0 Å². The number of quaternary nitrogens is 2. The third kappa shape index (κ3) is 17.4. The predicted octanol–water partition coefficient (Wildman–Crippen LogP) is 0.790. The molecule has 62 heavy (non-hydrogen) atoms. The molecule has 2 aromatic carbocycles. The number of hydrogen-bond acceptors (Lipinski definition) is 10. The number of nitrogen functional groups attached to an aromatic ring is 2. The van der Waals surface area contributed by atoms with Crippen LogP contribution in [-0.4, -0.2) is 135 Å². The van der Waals surface area contributed by atoms with Crippen molar-refractivity contribution in [2.45, 2.75) is 50.9 Å². The number of nitrogens with zero attached hydrogens (tertiary/aromatic N) is 2. The van der Waals surface area contributed by atoms with Crippen LogP contribution in [0.25, 0.3) is 0 Å². The molecule has 0 aliphatic carbocycles. The summed E-state index contributed by atoms with van der Waals surface area (Å²) in [6.45, 7) is 9.97. The van der Waals surface area contributed by atoms with Crippen LogP contribution in [-0.2, 0) is 19.2 Å². The molecule has 2 amide bonds. The summed E-state index contributed by atoms with van der Waals surface area (Å²) < 4.78 is 76.3. The van der Waals surface area contributed by atoms with Crippen LogP contribution in [0.15, 0.2) is 48.5 Å². The average molecular weight is 889 g/mol. The Bertz CT molecular complexity index is 1690. The normalized spacial score (nSPS) is 22.1. The van der Waals surface area contributed by atoms with E-state index in [0.29, 0.717) is 62.0 Å². The van der Waals surface area contributed by atoms with Gasteiger partial charge in [-0.25, -0.2) is 0 Å². The van der Waals surface area contributed by atoms with E-state index in [1.54, 1.807) is 36.4 Å². The highest BCUT2D eigenvalue weighted by Crippen LogP contribution is 2.34. The zero-order chi connectivity index (χ0) is 46.1. The van der Waals surface area contributed by atoms with Crippen LogP contribution in [0.5, 0.6) is 11.5 Å². The van der Waals surface area contributed by atoms with Gasteiger partial charge in [0, 0.05) is 11.1 Å². The molecule has 8 N–H and O–H groups in total. The first-order valence-corrected chi connectivity index (χ1v) is 20.0. The smallest absolute Gasteiger partial charge is 0.430 e. The van der Waals surface area contributed by atoms with Gasteiger partial charge in [0.15, 0.2) is 13.1 Å². The van der Waals surface area contributed by atoms with Gasteiger partial charge in [-0.3, -0.25) is 20.4 Å². The van der Waals surface area contributed by atoms with Crippen molar-refractivity contribution in [1.82, 2.24) is 10.6 Å². The number of hydrogen-bond donors (Lipinski definition) is 6. The number of amides is 2. The summed E-state index contributed by atoms with van der Waals surface area (Å²) in [7, 11) is 0. The van der Waals surface area contributed by atoms with E-state index >= 15 is 0 Å². The Labute approximate surface area is 354 Å². The number of carboxylic acids is 2. The molecule has 8 rings (SSSR count). The molecule has 6 saturated heterocycles. The van der Waals surface area contributed by atoms with Crippen molar-refractivity contribution in [2.24, 2.45) is 23.3 Å². The van der Waals surface area contributed by atoms with Crippen molar-refractivity contribution in [3.05, 3.63) is 59.7 Å². The van der Waals surface area contributed by atoms with E-state index in [9.17, 15) is 35.9 Å². The second kappa shape index (κ2) is 23.0. The lowest BCUT2D eigenvalue weighted by Crippen LogP contribution is -2.61. The first-order chi connectivity index (χ1) is 29.0. The fourth-order valence-corrected chi connectivity index (χ4v) is 7.70. The number of alkyl halides is 6. The first kappa shape index (κ1) is 50.7. The fraction of sp³-hybridized carbons (Fsp3) is 0.550. The topological polar surface area (TPSA) is 257 Å². The van der Waals surface area contributed by atoms with E-state index in [2.05, 4.69) is 10.6 Å². The van der Waals surface area contributed by atoms with Crippen LogP contribution in [0.4, 0.5) is 26.3 Å². The van der Waals surface area contributed by atoms with Crippen molar-refractivity contribution in [3.8, 4) is 11.5 Å². The van der Waals surface area contributed by atoms with E-state index < -0.39 is 24.3 Å². The van der Waals surface area contributed by atoms with Gasteiger partial charge >= 0.3 is 12.4 Å². The largest absolute Gasteiger partial charge is 0.542 e. The number of halogens is 6. The minimum atomic E-state index is -5.19. The number of carbonyl (C=O) groups is 4. The van der Waals surface area contributed by atoms with Crippen molar-refractivity contribution in [1.29, 1.82) is 10.8 Å². The predicted molar refractivity (Wildman–Crippen MR) is 208 cm³/mol. The van der Waals surface area contributed by atoms with Gasteiger partial charge in [-0.15, -0.1) is 0 Å². The highest BCUT2D eigenvalue weighted by Gasteiger charge is 2.42. The van der Waals surface area contributed by atoms with E-state index in [1.165, 1.54) is 38.5 Å². The zero-order valence-electron chi connectivity index (χ0n) is 34.1. The maximum absolute atomic E-state index is 12.2. The number of rotatable bonds is 14. The van der Waals surface area contributed by atoms with Gasteiger partial charge in [0.05, 0.1) is 52.4 Å². The van der Waals surface area contributed by atoms with Crippen LogP contribution < -0.4 is 41.8 Å². The molecule has 6 aliphatic rings. The molecule has 6 fully saturated rings. The lowest BCUT2D eigenvalue weighted by atomic mass is 9.86. The Hall–Kier alpha value is -5.64. The quantitative estimate of drug-likeness (QED) is 0.0511. The van der Waals surface area contributed by atoms with E-state index in [-0.39, 0.29) is 23.5 Å². The van der Waals surface area contributed by atoms with Crippen LogP contribution in [0.1, 0.15) is 49.7 Å². The number of amidine groups is 2. The molecule has 16 nitrogen and oxygen atoms in total. The van der Waals surface area contributed by atoms with Gasteiger partial charge < -0.3 is 60.3 Å². The van der Waals surface area contributed by atoms with Crippen molar-refractivity contribution >= 4 is 35.4 Å². The van der Waals surface area contributed by atoms with Crippen molar-refractivity contribution in [3.63, 3.8) is 0 Å². The van der Waals surface area contributed by atoms with Crippen LogP contribution in [0.3, 0.4) is 0 Å². The molecule has 0 spiro atoms. The monoisotopic (exact) mass is 888 g/mol. The number of ether oxygens (including phenoxy) is 2. The molecule has 22 heteroatoms. The number of nitrogens with two attached hydrogens (primary N) is 2. The number of nitrogens with one attached hydrogen (secondary N) is 4. The Kier molecular flexibility index (Phi) is 18.8. The van der Waals surface area contributed by atoms with E-state index in [1.807, 2.05) is 12.1 Å². The molecular weight excluding hydrogens is 834 g/mol. The number of carbonyl (C=O) groups excluding carboxylic acids is 4. The van der Waals surface area contributed by atoms with Crippen LogP contribution in [0.2, 0.25) is 0 Å². The van der Waals surface area contributed by atoms with E-state index in [4.69, 9.17) is 51.6 Å². The summed E-state index contributed by atoms with van der Waals surface area (Å²) in [5, 5.41) is 38.4. The number of piperidine rings is 6. The number of fused-ring (bicyclic) bond motifs is 6. The lowest BCUT2D eigenvalue weighted by Gasteiger charge is -2.48. The van der Waals surface area contributed by atoms with Crippen LogP contribution >= 0.6 is 0 Å². The summed E-state index contributed by atoms with van der Waals surface area (Å²) in [5.74, 6) is -2.58. The van der Waals surface area contributed by atoms with Gasteiger partial charge in [0.25, 0.3) is 11.8 Å². The molecule has 2 aromatic rings. The Morgan fingerprint density at radius 3 is 1.16 bits per heavy atom. The average Bonchev–Trinajstić information content (AvgIpc) is 3.22. The summed E-state index contributed by atoms with van der Waals surface area (Å²) in [5.41, 5.74) is 12.2. The number of aliphatic carboxylic acids is 2. The third-order valence-corrected chi connectivity index (χ3v) is 11.2. The molecular formula is C40H54F6N8O8. The second-order valence-electron chi connectivity index (χ2n) is 15.7. The van der Waals surface area contributed by atoms with Gasteiger partial charge in [-0.2, -0.15) is 26.3 Å². The Morgan fingerprint density at radius 2 is 0.903 bits per heavy atom. The standard InChI is InChI=1S/2C18H26N4O2.2C2HF3O2/c2*19-18(20)15-2-1-3-16(12-15)24-11-7-21-17(23)13-22-8-4-14(5-9-22)6-10-22;2*3-2(4,5)1(6)7/h2*1-3,12,14H,4-11,13H2,(H3-,19,20,21,23);2*(H,6,7). The third-order valence-electron chi connectivity index (χ3n) is 11.2. The molecule has 6 aliphatic heterocycles.